The van der Waals surface area contributed by atoms with Crippen molar-refractivity contribution in [3.63, 3.8) is 0 Å². The number of nitrogens with zero attached hydrogens (tertiary/aromatic N) is 3. The van der Waals surface area contributed by atoms with Crippen LogP contribution in [0, 0.1) is 0 Å². The van der Waals surface area contributed by atoms with Crippen LogP contribution < -0.4 is 5.73 Å². The van der Waals surface area contributed by atoms with Crippen LogP contribution in [0.25, 0.3) is 21.0 Å². The summed E-state index contributed by atoms with van der Waals surface area (Å²) >= 11 is 1.30. The normalized spacial score (nSPS) is 14.3. The van der Waals surface area contributed by atoms with Gasteiger partial charge in [0, 0.05) is 17.5 Å². The first-order valence-electron chi connectivity index (χ1n) is 8.10. The molecule has 0 atom stereocenters. The summed E-state index contributed by atoms with van der Waals surface area (Å²) in [5, 5.41) is 1.99. The summed E-state index contributed by atoms with van der Waals surface area (Å²) in [7, 11) is 3.94. The Morgan fingerprint density at radius 1 is 1.24 bits per heavy atom. The quantitative estimate of drug-likeness (QED) is 0.729. The molecule has 7 heteroatoms. The predicted molar refractivity (Wildman–Crippen MR) is 100 cm³/mol. The number of aromatic nitrogens is 1. The number of imide groups is 1. The average molecular weight is 354 g/mol. The number of thiazole rings is 1. The van der Waals surface area contributed by atoms with Crippen molar-refractivity contribution in [1.29, 1.82) is 0 Å². The lowest BCUT2D eigenvalue weighted by Gasteiger charge is -2.27. The Kier molecular flexibility index (Phi) is 3.70. The van der Waals surface area contributed by atoms with Crippen molar-refractivity contribution in [3.8, 4) is 0 Å². The number of nitrogens with two attached hydrogens (primary N) is 1. The molecule has 25 heavy (non-hydrogen) atoms. The van der Waals surface area contributed by atoms with Gasteiger partial charge in [0.15, 0.2) is 5.13 Å². The Labute approximate surface area is 148 Å². The maximum atomic E-state index is 13.1. The van der Waals surface area contributed by atoms with Crippen molar-refractivity contribution in [2.75, 3.05) is 32.9 Å². The fourth-order valence-electron chi connectivity index (χ4n) is 3.36. The van der Waals surface area contributed by atoms with Gasteiger partial charge in [-0.2, -0.15) is 0 Å². The molecule has 1 aliphatic heterocycles. The van der Waals surface area contributed by atoms with Gasteiger partial charge >= 0.3 is 0 Å². The third-order valence-corrected chi connectivity index (χ3v) is 5.38. The van der Waals surface area contributed by atoms with Gasteiger partial charge in [-0.15, -0.1) is 0 Å². The lowest BCUT2D eigenvalue weighted by molar-refractivity contribution is 0.0607. The number of hydrogen-bond donors (Lipinski definition) is 1. The molecule has 0 saturated carbocycles. The Balaban J connectivity index is 1.90. The lowest BCUT2D eigenvalue weighted by Crippen LogP contribution is -2.41. The van der Waals surface area contributed by atoms with Gasteiger partial charge in [-0.25, -0.2) is 4.98 Å². The van der Waals surface area contributed by atoms with Gasteiger partial charge < -0.3 is 10.6 Å². The molecule has 2 heterocycles. The van der Waals surface area contributed by atoms with E-state index in [0.29, 0.717) is 28.3 Å². The highest BCUT2D eigenvalue weighted by atomic mass is 32.1. The smallest absolute Gasteiger partial charge is 0.262 e. The van der Waals surface area contributed by atoms with Crippen molar-refractivity contribution in [2.45, 2.75) is 6.42 Å². The molecule has 1 aromatic heterocycles. The minimum absolute atomic E-state index is 0.223. The van der Waals surface area contributed by atoms with E-state index < -0.39 is 0 Å². The minimum Gasteiger partial charge on any atom is -0.375 e. The highest BCUT2D eigenvalue weighted by molar-refractivity contribution is 7.22. The number of nitrogen functional groups attached to an aromatic ring is 1. The van der Waals surface area contributed by atoms with Gasteiger partial charge in [-0.1, -0.05) is 23.5 Å². The van der Waals surface area contributed by atoms with Crippen LogP contribution in [0.1, 0.15) is 27.1 Å². The van der Waals surface area contributed by atoms with Crippen LogP contribution in [0.5, 0.6) is 0 Å². The predicted octanol–water partition coefficient (Wildman–Crippen LogP) is 2.58. The van der Waals surface area contributed by atoms with Gasteiger partial charge in [-0.3, -0.25) is 14.5 Å². The van der Waals surface area contributed by atoms with Gasteiger partial charge in [0.05, 0.1) is 15.8 Å². The maximum absolute atomic E-state index is 13.1. The standard InChI is InChI=1S/C18H18N4O2S/c1-21(2)7-4-8-22-16(23)11-6-3-5-10-9-12-15(25-18(19)20-12)14(13(10)11)17(22)24/h3,5-6,9H,4,7-8H2,1-2H3,(H2,19,20). The molecule has 0 unspecified atom stereocenters. The van der Waals surface area contributed by atoms with E-state index in [2.05, 4.69) is 4.98 Å². The zero-order valence-electron chi connectivity index (χ0n) is 14.1. The molecule has 1 aliphatic rings. The van der Waals surface area contributed by atoms with E-state index >= 15 is 0 Å². The van der Waals surface area contributed by atoms with Crippen molar-refractivity contribution in [3.05, 3.63) is 35.4 Å². The van der Waals surface area contributed by atoms with E-state index in [0.717, 1.165) is 28.4 Å². The van der Waals surface area contributed by atoms with Gasteiger partial charge in [0.2, 0.25) is 0 Å². The summed E-state index contributed by atoms with van der Waals surface area (Å²) < 4.78 is 0.757. The van der Waals surface area contributed by atoms with Gasteiger partial charge in [0.25, 0.3) is 11.8 Å². The number of anilines is 1. The summed E-state index contributed by atoms with van der Waals surface area (Å²) in [4.78, 5) is 33.7. The number of carbonyl (C=O) groups excluding carboxylic acids is 2. The Morgan fingerprint density at radius 2 is 2.04 bits per heavy atom. The molecule has 6 nitrogen and oxygen atoms in total. The first kappa shape index (κ1) is 16.0. The van der Waals surface area contributed by atoms with Crippen LogP contribution in [0.2, 0.25) is 0 Å². The molecule has 2 amide bonds. The number of amides is 2. The van der Waals surface area contributed by atoms with E-state index in [1.54, 1.807) is 6.07 Å². The second-order valence-corrected chi connectivity index (χ2v) is 7.51. The van der Waals surface area contributed by atoms with Crippen LogP contribution in [0.4, 0.5) is 5.13 Å². The molecule has 0 spiro atoms. The van der Waals surface area contributed by atoms with E-state index in [4.69, 9.17) is 5.73 Å². The summed E-state index contributed by atoms with van der Waals surface area (Å²) in [6, 6.07) is 7.43. The van der Waals surface area contributed by atoms with Gasteiger partial charge in [-0.05, 0) is 44.6 Å². The fourth-order valence-corrected chi connectivity index (χ4v) is 4.21. The average Bonchev–Trinajstić information content (AvgIpc) is 2.93. The van der Waals surface area contributed by atoms with E-state index in [1.165, 1.54) is 16.2 Å². The first-order valence-corrected chi connectivity index (χ1v) is 8.91. The van der Waals surface area contributed by atoms with Crippen LogP contribution in [0.3, 0.4) is 0 Å². The number of fused-ring (bicyclic) bond motifs is 2. The second-order valence-electron chi connectivity index (χ2n) is 6.47. The molecule has 128 valence electrons. The topological polar surface area (TPSA) is 79.5 Å². The molecule has 0 saturated heterocycles. The van der Waals surface area contributed by atoms with Crippen LogP contribution in [0.15, 0.2) is 24.3 Å². The highest BCUT2D eigenvalue weighted by Crippen LogP contribution is 2.38. The number of benzene rings is 2. The summed E-state index contributed by atoms with van der Waals surface area (Å²) in [5.74, 6) is -0.472. The third-order valence-electron chi connectivity index (χ3n) is 4.46. The maximum Gasteiger partial charge on any atom is 0.262 e. The largest absolute Gasteiger partial charge is 0.375 e. The summed E-state index contributed by atoms with van der Waals surface area (Å²) in [5.41, 5.74) is 7.70. The highest BCUT2D eigenvalue weighted by Gasteiger charge is 2.34. The molecule has 3 aromatic rings. The van der Waals surface area contributed by atoms with Crippen molar-refractivity contribution in [2.24, 2.45) is 0 Å². The van der Waals surface area contributed by atoms with Crippen LogP contribution in [-0.2, 0) is 0 Å². The number of hydrogen-bond acceptors (Lipinski definition) is 6. The van der Waals surface area contributed by atoms with Crippen molar-refractivity contribution >= 4 is 49.3 Å². The number of rotatable bonds is 4. The fraction of sp³-hybridized carbons (Fsp3) is 0.278. The SMILES string of the molecule is CN(C)CCCN1C(=O)c2cccc3cc4nc(N)sc4c(c23)C1=O. The second kappa shape index (κ2) is 5.79. The lowest BCUT2D eigenvalue weighted by atomic mass is 9.93. The van der Waals surface area contributed by atoms with E-state index in [9.17, 15) is 9.59 Å². The molecule has 0 radical (unpaired) electrons. The molecular weight excluding hydrogens is 336 g/mol. The van der Waals surface area contributed by atoms with Gasteiger partial charge in [0.1, 0.15) is 0 Å². The molecule has 0 aliphatic carbocycles. The molecule has 4 rings (SSSR count). The Morgan fingerprint density at radius 3 is 2.80 bits per heavy atom. The Hall–Kier alpha value is -2.51. The zero-order chi connectivity index (χ0) is 17.7. The molecule has 2 aromatic carbocycles. The number of carbonyl (C=O) groups is 2. The van der Waals surface area contributed by atoms with Crippen molar-refractivity contribution < 1.29 is 9.59 Å². The van der Waals surface area contributed by atoms with Crippen molar-refractivity contribution in [1.82, 2.24) is 14.8 Å². The van der Waals surface area contributed by atoms with Crippen LogP contribution >= 0.6 is 11.3 Å². The van der Waals surface area contributed by atoms with E-state index in [-0.39, 0.29) is 11.8 Å². The first-order chi connectivity index (χ1) is 12.0. The summed E-state index contributed by atoms with van der Waals surface area (Å²) in [6.07, 6.45) is 0.733. The van der Waals surface area contributed by atoms with E-state index in [1.807, 2.05) is 37.2 Å². The molecule has 0 fully saturated rings. The third kappa shape index (κ3) is 2.47. The molecular formula is C18H18N4O2S. The Bertz CT molecular complexity index is 1020. The summed E-state index contributed by atoms with van der Waals surface area (Å²) in [6.45, 7) is 1.21. The monoisotopic (exact) mass is 354 g/mol. The minimum atomic E-state index is -0.248. The van der Waals surface area contributed by atoms with Crippen LogP contribution in [-0.4, -0.2) is 53.8 Å². The zero-order valence-corrected chi connectivity index (χ0v) is 14.9. The molecule has 2 N–H and O–H groups in total. The molecule has 0 bridgehead atoms.